The quantitative estimate of drug-likeness (QED) is 0.261. The lowest BCUT2D eigenvalue weighted by atomic mass is 9.95. The monoisotopic (exact) mass is 568 g/mol. The Morgan fingerprint density at radius 2 is 1.73 bits per heavy atom. The standard InChI is InChI=1S/C33H32N2O5S/c1-5-38-32(37)29-22(4)34-33-35(30(29)26-13-9-10-14-27(26)40-21(2)3)31(36)28(41-33)19-23-15-17-25(18-16-23)39-20-24-11-7-6-8-12-24/h6-19,21,30H,5,20H2,1-4H3/b28-19+. The summed E-state index contributed by atoms with van der Waals surface area (Å²) in [6, 6.07) is 24.3. The molecule has 0 amide bonds. The zero-order valence-electron chi connectivity index (χ0n) is 23.5. The summed E-state index contributed by atoms with van der Waals surface area (Å²) in [7, 11) is 0. The molecule has 210 valence electrons. The van der Waals surface area contributed by atoms with Crippen LogP contribution in [0.4, 0.5) is 0 Å². The van der Waals surface area contributed by atoms with Crippen LogP contribution in [0.15, 0.2) is 99.9 Å². The molecule has 7 nitrogen and oxygen atoms in total. The van der Waals surface area contributed by atoms with Crippen LogP contribution < -0.4 is 24.4 Å². The molecule has 1 aliphatic rings. The number of aromatic nitrogens is 1. The fourth-order valence-electron chi connectivity index (χ4n) is 4.71. The van der Waals surface area contributed by atoms with Crippen LogP contribution >= 0.6 is 11.3 Å². The van der Waals surface area contributed by atoms with Gasteiger partial charge in [-0.3, -0.25) is 9.36 Å². The van der Waals surface area contributed by atoms with Gasteiger partial charge in [0.2, 0.25) is 0 Å². The second-order valence-corrected chi connectivity index (χ2v) is 10.9. The van der Waals surface area contributed by atoms with Gasteiger partial charge in [0.15, 0.2) is 4.80 Å². The van der Waals surface area contributed by atoms with Crippen molar-refractivity contribution in [3.05, 3.63) is 127 Å². The molecule has 1 aliphatic heterocycles. The van der Waals surface area contributed by atoms with E-state index in [4.69, 9.17) is 14.2 Å². The van der Waals surface area contributed by atoms with Crippen molar-refractivity contribution in [1.29, 1.82) is 0 Å². The van der Waals surface area contributed by atoms with E-state index in [2.05, 4.69) is 4.99 Å². The molecule has 2 heterocycles. The number of hydrogen-bond donors (Lipinski definition) is 0. The Labute approximate surface area is 242 Å². The lowest BCUT2D eigenvalue weighted by molar-refractivity contribution is -0.139. The average molecular weight is 569 g/mol. The van der Waals surface area contributed by atoms with Gasteiger partial charge in [-0.15, -0.1) is 0 Å². The SMILES string of the molecule is CCOC(=O)C1=C(C)N=c2s/c(=C/c3ccc(OCc4ccccc4)cc3)c(=O)n2C1c1ccccc1OC(C)C. The molecule has 4 aromatic rings. The highest BCUT2D eigenvalue weighted by Crippen LogP contribution is 2.36. The maximum Gasteiger partial charge on any atom is 0.338 e. The number of para-hydroxylation sites is 1. The molecule has 0 aliphatic carbocycles. The number of nitrogens with zero attached hydrogens (tertiary/aromatic N) is 2. The fraction of sp³-hybridized carbons (Fsp3) is 0.242. The first-order valence-electron chi connectivity index (χ1n) is 13.6. The molecule has 1 aromatic heterocycles. The second kappa shape index (κ2) is 12.4. The Morgan fingerprint density at radius 3 is 2.44 bits per heavy atom. The van der Waals surface area contributed by atoms with Gasteiger partial charge in [0.25, 0.3) is 5.56 Å². The van der Waals surface area contributed by atoms with Crippen molar-refractivity contribution in [2.24, 2.45) is 4.99 Å². The van der Waals surface area contributed by atoms with Gasteiger partial charge in [-0.1, -0.05) is 72.0 Å². The van der Waals surface area contributed by atoms with Crippen molar-refractivity contribution in [2.75, 3.05) is 6.61 Å². The number of carbonyl (C=O) groups is 1. The van der Waals surface area contributed by atoms with Gasteiger partial charge in [0, 0.05) is 5.56 Å². The van der Waals surface area contributed by atoms with Crippen LogP contribution in [-0.2, 0) is 16.1 Å². The molecule has 8 heteroatoms. The van der Waals surface area contributed by atoms with E-state index < -0.39 is 12.0 Å². The zero-order chi connectivity index (χ0) is 28.9. The third kappa shape index (κ3) is 6.18. The Balaban J connectivity index is 1.55. The van der Waals surface area contributed by atoms with Gasteiger partial charge < -0.3 is 14.2 Å². The largest absolute Gasteiger partial charge is 0.491 e. The van der Waals surface area contributed by atoms with E-state index in [0.29, 0.717) is 38.5 Å². The molecular weight excluding hydrogens is 536 g/mol. The number of allylic oxidation sites excluding steroid dienone is 1. The predicted molar refractivity (Wildman–Crippen MR) is 160 cm³/mol. The molecule has 0 N–H and O–H groups in total. The van der Waals surface area contributed by atoms with E-state index in [1.54, 1.807) is 18.4 Å². The van der Waals surface area contributed by atoms with E-state index in [9.17, 15) is 9.59 Å². The third-order valence-corrected chi connectivity index (χ3v) is 7.50. The van der Waals surface area contributed by atoms with Crippen LogP contribution in [0.3, 0.4) is 0 Å². The Kier molecular flexibility index (Phi) is 8.50. The highest BCUT2D eigenvalue weighted by Gasteiger charge is 2.35. The normalized spacial score (nSPS) is 15.0. The summed E-state index contributed by atoms with van der Waals surface area (Å²) >= 11 is 1.29. The van der Waals surface area contributed by atoms with Crippen molar-refractivity contribution < 1.29 is 19.0 Å². The van der Waals surface area contributed by atoms with Crippen LogP contribution in [-0.4, -0.2) is 23.2 Å². The average Bonchev–Trinajstić information content (AvgIpc) is 3.26. The minimum absolute atomic E-state index is 0.0947. The van der Waals surface area contributed by atoms with Crippen molar-refractivity contribution in [2.45, 2.75) is 46.4 Å². The van der Waals surface area contributed by atoms with E-state index in [1.165, 1.54) is 11.3 Å². The van der Waals surface area contributed by atoms with E-state index >= 15 is 0 Å². The summed E-state index contributed by atoms with van der Waals surface area (Å²) in [6.07, 6.45) is 1.74. The van der Waals surface area contributed by atoms with Crippen LogP contribution in [0, 0.1) is 0 Å². The molecule has 3 aromatic carbocycles. The summed E-state index contributed by atoms with van der Waals surface area (Å²) in [5.41, 5.74) is 3.24. The smallest absolute Gasteiger partial charge is 0.338 e. The number of carbonyl (C=O) groups excluding carboxylic acids is 1. The number of fused-ring (bicyclic) bond motifs is 1. The van der Waals surface area contributed by atoms with E-state index in [1.807, 2.05) is 98.8 Å². The van der Waals surface area contributed by atoms with Crippen molar-refractivity contribution in [3.63, 3.8) is 0 Å². The lowest BCUT2D eigenvalue weighted by Crippen LogP contribution is -2.40. The summed E-state index contributed by atoms with van der Waals surface area (Å²) in [6.45, 7) is 8.09. The van der Waals surface area contributed by atoms with Gasteiger partial charge in [-0.2, -0.15) is 0 Å². The van der Waals surface area contributed by atoms with Crippen LogP contribution in [0.1, 0.15) is 50.4 Å². The highest BCUT2D eigenvalue weighted by molar-refractivity contribution is 7.07. The molecule has 1 atom stereocenters. The third-order valence-electron chi connectivity index (χ3n) is 6.52. The van der Waals surface area contributed by atoms with Crippen molar-refractivity contribution >= 4 is 23.4 Å². The van der Waals surface area contributed by atoms with Crippen molar-refractivity contribution in [1.82, 2.24) is 4.57 Å². The minimum atomic E-state index is -0.740. The van der Waals surface area contributed by atoms with Crippen LogP contribution in [0.25, 0.3) is 6.08 Å². The topological polar surface area (TPSA) is 79.1 Å². The van der Waals surface area contributed by atoms with Gasteiger partial charge in [0.05, 0.1) is 28.5 Å². The summed E-state index contributed by atoms with van der Waals surface area (Å²) in [4.78, 5) is 32.3. The number of rotatable bonds is 9. The Bertz CT molecular complexity index is 1750. The molecule has 0 bridgehead atoms. The van der Waals surface area contributed by atoms with Crippen LogP contribution in [0.5, 0.6) is 11.5 Å². The highest BCUT2D eigenvalue weighted by atomic mass is 32.1. The van der Waals surface area contributed by atoms with E-state index in [0.717, 1.165) is 16.9 Å². The maximum absolute atomic E-state index is 13.9. The fourth-order valence-corrected chi connectivity index (χ4v) is 5.75. The van der Waals surface area contributed by atoms with E-state index in [-0.39, 0.29) is 18.3 Å². The first-order valence-corrected chi connectivity index (χ1v) is 14.4. The lowest BCUT2D eigenvalue weighted by Gasteiger charge is -2.26. The summed E-state index contributed by atoms with van der Waals surface area (Å²) in [5.74, 6) is 0.840. The summed E-state index contributed by atoms with van der Waals surface area (Å²) in [5, 5.41) is 0. The number of hydrogen-bond acceptors (Lipinski definition) is 7. The molecular formula is C33H32N2O5S. The molecule has 0 fully saturated rings. The maximum atomic E-state index is 13.9. The van der Waals surface area contributed by atoms with Gasteiger partial charge in [-0.25, -0.2) is 9.79 Å². The molecule has 0 saturated carbocycles. The molecule has 0 radical (unpaired) electrons. The van der Waals surface area contributed by atoms with Gasteiger partial charge in [-0.05, 0) is 63.1 Å². The Morgan fingerprint density at radius 1 is 1.02 bits per heavy atom. The Hall–Kier alpha value is -4.43. The second-order valence-electron chi connectivity index (χ2n) is 9.85. The predicted octanol–water partition coefficient (Wildman–Crippen LogP) is 5.16. The molecule has 0 saturated heterocycles. The zero-order valence-corrected chi connectivity index (χ0v) is 24.3. The molecule has 1 unspecified atom stereocenters. The molecule has 41 heavy (non-hydrogen) atoms. The number of benzene rings is 3. The number of thiazole rings is 1. The minimum Gasteiger partial charge on any atom is -0.491 e. The molecule has 0 spiro atoms. The first-order chi connectivity index (χ1) is 19.9. The molecule has 5 rings (SSSR count). The first kappa shape index (κ1) is 28.1. The number of ether oxygens (including phenoxy) is 3. The number of esters is 1. The van der Waals surface area contributed by atoms with Gasteiger partial charge >= 0.3 is 5.97 Å². The summed E-state index contributed by atoms with van der Waals surface area (Å²) < 4.78 is 19.5. The van der Waals surface area contributed by atoms with Crippen molar-refractivity contribution in [3.8, 4) is 11.5 Å². The van der Waals surface area contributed by atoms with Gasteiger partial charge in [0.1, 0.15) is 24.1 Å². The van der Waals surface area contributed by atoms with Crippen LogP contribution in [0.2, 0.25) is 0 Å².